The number of nitro benzene ring substituents is 1. The number of phenolic OH excluding ortho intramolecular Hbond substituents is 1. The van der Waals surface area contributed by atoms with Crippen molar-refractivity contribution in [3.05, 3.63) is 45.0 Å². The lowest BCUT2D eigenvalue weighted by Crippen LogP contribution is -2.07. The predicted molar refractivity (Wildman–Crippen MR) is 88.4 cm³/mol. The molecule has 0 spiro atoms. The van der Waals surface area contributed by atoms with Gasteiger partial charge < -0.3 is 9.84 Å². The van der Waals surface area contributed by atoms with E-state index in [4.69, 9.17) is 4.74 Å². The molecule has 9 nitrogen and oxygen atoms in total. The summed E-state index contributed by atoms with van der Waals surface area (Å²) in [7, 11) is 0. The third kappa shape index (κ3) is 4.74. The zero-order valence-electron chi connectivity index (χ0n) is 12.6. The molecule has 0 aliphatic carbocycles. The van der Waals surface area contributed by atoms with Gasteiger partial charge in [-0.15, -0.1) is 11.3 Å². The number of aromatic hydroxyl groups is 1. The van der Waals surface area contributed by atoms with Gasteiger partial charge >= 0.3 is 5.97 Å². The minimum atomic E-state index is -0.563. The molecule has 1 heterocycles. The first-order chi connectivity index (χ1) is 11.5. The van der Waals surface area contributed by atoms with E-state index in [1.54, 1.807) is 12.3 Å². The first-order valence-corrected chi connectivity index (χ1v) is 7.74. The van der Waals surface area contributed by atoms with Crippen LogP contribution in [-0.2, 0) is 16.0 Å². The largest absolute Gasteiger partial charge is 0.507 e. The minimum Gasteiger partial charge on any atom is -0.507 e. The monoisotopic (exact) mass is 350 g/mol. The number of nitrogens with one attached hydrogen (secondary N) is 1. The van der Waals surface area contributed by atoms with Crippen LogP contribution in [0.4, 0.5) is 10.8 Å². The Kier molecular flexibility index (Phi) is 5.79. The second-order valence-corrected chi connectivity index (χ2v) is 5.35. The molecule has 0 atom stereocenters. The van der Waals surface area contributed by atoms with E-state index < -0.39 is 4.92 Å². The first kappa shape index (κ1) is 17.3. The molecule has 1 aromatic heterocycles. The second kappa shape index (κ2) is 8.02. The number of aromatic nitrogens is 1. The lowest BCUT2D eigenvalue weighted by Gasteiger charge is -1.99. The van der Waals surface area contributed by atoms with Crippen LogP contribution >= 0.6 is 11.3 Å². The van der Waals surface area contributed by atoms with Crippen LogP contribution in [0.25, 0.3) is 0 Å². The Hall–Kier alpha value is -3.01. The average Bonchev–Trinajstić information content (AvgIpc) is 2.96. The number of non-ortho nitro benzene ring substituents is 1. The number of rotatable bonds is 7. The average molecular weight is 350 g/mol. The van der Waals surface area contributed by atoms with E-state index in [2.05, 4.69) is 15.5 Å². The molecule has 1 aromatic carbocycles. The summed E-state index contributed by atoms with van der Waals surface area (Å²) in [5.41, 5.74) is 3.23. The molecule has 0 unspecified atom stereocenters. The fourth-order valence-corrected chi connectivity index (χ4v) is 2.37. The number of nitro groups is 1. The first-order valence-electron chi connectivity index (χ1n) is 6.86. The third-order valence-corrected chi connectivity index (χ3v) is 3.56. The number of carbonyl (C=O) groups excluding carboxylic acids is 1. The molecule has 0 amide bonds. The van der Waals surface area contributed by atoms with Crippen LogP contribution in [0.2, 0.25) is 0 Å². The Labute approximate surface area is 140 Å². The molecule has 0 saturated carbocycles. The molecule has 0 aliphatic heterocycles. The van der Waals surface area contributed by atoms with Gasteiger partial charge in [0.2, 0.25) is 5.13 Å². The zero-order chi connectivity index (χ0) is 17.5. The molecule has 0 bridgehead atoms. The Morgan fingerprint density at radius 2 is 2.38 bits per heavy atom. The van der Waals surface area contributed by atoms with Crippen molar-refractivity contribution < 1.29 is 19.6 Å². The maximum atomic E-state index is 11.4. The Bertz CT molecular complexity index is 774. The third-order valence-electron chi connectivity index (χ3n) is 2.77. The maximum Gasteiger partial charge on any atom is 0.311 e. The van der Waals surface area contributed by atoms with Gasteiger partial charge in [-0.05, 0) is 13.0 Å². The molecule has 0 saturated heterocycles. The van der Waals surface area contributed by atoms with Crippen LogP contribution in [0.3, 0.4) is 0 Å². The Morgan fingerprint density at radius 1 is 1.58 bits per heavy atom. The number of benzene rings is 1. The summed E-state index contributed by atoms with van der Waals surface area (Å²) in [6.07, 6.45) is 1.32. The highest BCUT2D eigenvalue weighted by Crippen LogP contribution is 2.21. The summed E-state index contributed by atoms with van der Waals surface area (Å²) >= 11 is 1.24. The highest BCUT2D eigenvalue weighted by Gasteiger charge is 2.09. The number of anilines is 1. The molecule has 0 aliphatic rings. The van der Waals surface area contributed by atoms with E-state index in [1.165, 1.54) is 35.8 Å². The quantitative estimate of drug-likeness (QED) is 0.339. The normalized spacial score (nSPS) is 10.7. The number of nitrogens with zero attached hydrogens (tertiary/aromatic N) is 3. The van der Waals surface area contributed by atoms with Crippen molar-refractivity contribution in [3.8, 4) is 5.75 Å². The highest BCUT2D eigenvalue weighted by atomic mass is 32.1. The van der Waals surface area contributed by atoms with E-state index in [9.17, 15) is 20.0 Å². The van der Waals surface area contributed by atoms with Crippen molar-refractivity contribution in [2.75, 3.05) is 12.0 Å². The number of esters is 1. The highest BCUT2D eigenvalue weighted by molar-refractivity contribution is 7.13. The van der Waals surface area contributed by atoms with E-state index in [1.807, 2.05) is 0 Å². The summed E-state index contributed by atoms with van der Waals surface area (Å²) in [6.45, 7) is 2.04. The number of phenols is 1. The van der Waals surface area contributed by atoms with Crippen LogP contribution in [0, 0.1) is 10.1 Å². The van der Waals surface area contributed by atoms with Gasteiger partial charge in [0.05, 0.1) is 29.9 Å². The maximum absolute atomic E-state index is 11.4. The van der Waals surface area contributed by atoms with Crippen LogP contribution < -0.4 is 5.43 Å². The number of hydrazone groups is 1. The fraction of sp³-hybridized carbons (Fsp3) is 0.214. The van der Waals surface area contributed by atoms with Crippen LogP contribution in [0.15, 0.2) is 28.7 Å². The van der Waals surface area contributed by atoms with E-state index in [0.29, 0.717) is 17.4 Å². The van der Waals surface area contributed by atoms with Crippen LogP contribution in [-0.4, -0.2) is 33.8 Å². The number of hydrogen-bond donors (Lipinski definition) is 2. The molecule has 2 aromatic rings. The summed E-state index contributed by atoms with van der Waals surface area (Å²) < 4.78 is 4.83. The second-order valence-electron chi connectivity index (χ2n) is 4.50. The molecule has 2 rings (SSSR count). The van der Waals surface area contributed by atoms with Gasteiger partial charge in [0.1, 0.15) is 5.75 Å². The molecular weight excluding hydrogens is 336 g/mol. The molecule has 0 fully saturated rings. The van der Waals surface area contributed by atoms with Crippen molar-refractivity contribution in [3.63, 3.8) is 0 Å². The van der Waals surface area contributed by atoms with Crippen molar-refractivity contribution in [1.29, 1.82) is 0 Å². The SMILES string of the molecule is CCOC(=O)Cc1csc(NN=Cc2cc([N+](=O)[O-])ccc2O)n1. The lowest BCUT2D eigenvalue weighted by atomic mass is 10.2. The van der Waals surface area contributed by atoms with Crippen molar-refractivity contribution >= 4 is 34.3 Å². The van der Waals surface area contributed by atoms with Crippen LogP contribution in [0.5, 0.6) is 5.75 Å². The van der Waals surface area contributed by atoms with Crippen molar-refractivity contribution in [1.82, 2.24) is 4.98 Å². The van der Waals surface area contributed by atoms with Gasteiger partial charge in [0, 0.05) is 23.1 Å². The Morgan fingerprint density at radius 3 is 3.08 bits per heavy atom. The van der Waals surface area contributed by atoms with Gasteiger partial charge in [0.15, 0.2) is 0 Å². The van der Waals surface area contributed by atoms with E-state index >= 15 is 0 Å². The van der Waals surface area contributed by atoms with E-state index in [0.717, 1.165) is 0 Å². The predicted octanol–water partition coefficient (Wildman–Crippen LogP) is 2.31. The summed E-state index contributed by atoms with van der Waals surface area (Å²) in [5, 5.41) is 26.4. The zero-order valence-corrected chi connectivity index (χ0v) is 13.4. The van der Waals surface area contributed by atoms with E-state index in [-0.39, 0.29) is 29.4 Å². The molecule has 2 N–H and O–H groups in total. The summed E-state index contributed by atoms with van der Waals surface area (Å²) in [5.74, 6) is -0.493. The Balaban J connectivity index is 1.99. The molecular formula is C14H14N4O5S. The van der Waals surface area contributed by atoms with Gasteiger partial charge in [-0.2, -0.15) is 5.10 Å². The van der Waals surface area contributed by atoms with Crippen LogP contribution in [0.1, 0.15) is 18.2 Å². The number of thiazole rings is 1. The van der Waals surface area contributed by atoms with Gasteiger partial charge in [-0.1, -0.05) is 0 Å². The lowest BCUT2D eigenvalue weighted by molar-refractivity contribution is -0.384. The smallest absolute Gasteiger partial charge is 0.311 e. The summed E-state index contributed by atoms with van der Waals surface area (Å²) in [6, 6.07) is 3.62. The van der Waals surface area contributed by atoms with Crippen molar-refractivity contribution in [2.24, 2.45) is 5.10 Å². The van der Waals surface area contributed by atoms with Gasteiger partial charge in [-0.3, -0.25) is 20.3 Å². The number of hydrogen-bond acceptors (Lipinski definition) is 9. The summed E-state index contributed by atoms with van der Waals surface area (Å²) in [4.78, 5) is 25.7. The molecule has 126 valence electrons. The standard InChI is InChI=1S/C14H14N4O5S/c1-2-23-13(20)6-10-8-24-14(16-10)17-15-7-9-5-11(18(21)22)3-4-12(9)19/h3-5,7-8,19H,2,6H2,1H3,(H,16,17). The molecule has 0 radical (unpaired) electrons. The van der Waals surface area contributed by atoms with Crippen molar-refractivity contribution in [2.45, 2.75) is 13.3 Å². The molecule has 10 heteroatoms. The minimum absolute atomic E-state index is 0.0708. The topological polar surface area (TPSA) is 127 Å². The number of carbonyl (C=O) groups is 1. The number of ether oxygens (including phenoxy) is 1. The van der Waals surface area contributed by atoms with Gasteiger partial charge in [-0.25, -0.2) is 4.98 Å². The fourth-order valence-electron chi connectivity index (χ4n) is 1.72. The molecule has 24 heavy (non-hydrogen) atoms. The van der Waals surface area contributed by atoms with Gasteiger partial charge in [0.25, 0.3) is 5.69 Å².